The van der Waals surface area contributed by atoms with Gasteiger partial charge in [-0.1, -0.05) is 91.0 Å². The molecule has 2 atom stereocenters. The molecule has 1 saturated heterocycles. The molecule has 2 unspecified atom stereocenters. The number of likely N-dealkylation sites (N-methyl/N-ethyl adjacent to an activating group) is 1. The number of amides is 1. The Morgan fingerprint density at radius 3 is 1.94 bits per heavy atom. The molecule has 0 spiro atoms. The monoisotopic (exact) mass is 442 g/mol. The molecule has 1 aliphatic rings. The van der Waals surface area contributed by atoms with E-state index in [0.29, 0.717) is 13.0 Å². The molecular weight excluding hydrogens is 412 g/mol. The third-order valence-corrected chi connectivity index (χ3v) is 6.58. The van der Waals surface area contributed by atoms with Crippen LogP contribution in [0.15, 0.2) is 91.0 Å². The minimum Gasteiger partial charge on any atom is -0.480 e. The van der Waals surface area contributed by atoms with Crippen LogP contribution in [0, 0.1) is 0 Å². The van der Waals surface area contributed by atoms with Gasteiger partial charge in [0.1, 0.15) is 6.04 Å². The Morgan fingerprint density at radius 2 is 1.42 bits per heavy atom. The number of aliphatic carboxylic acids is 1. The summed E-state index contributed by atoms with van der Waals surface area (Å²) in [6.45, 7) is 1.22. The molecule has 1 fully saturated rings. The Morgan fingerprint density at radius 1 is 0.909 bits per heavy atom. The van der Waals surface area contributed by atoms with E-state index in [4.69, 9.17) is 0 Å². The van der Waals surface area contributed by atoms with Gasteiger partial charge in [-0.25, -0.2) is 4.79 Å². The number of carbonyl (C=O) groups excluding carboxylic acids is 1. The summed E-state index contributed by atoms with van der Waals surface area (Å²) in [5.74, 6) is -1.62. The lowest BCUT2D eigenvalue weighted by Crippen LogP contribution is -2.44. The third kappa shape index (κ3) is 5.32. The largest absolute Gasteiger partial charge is 0.480 e. The predicted molar refractivity (Wildman–Crippen MR) is 129 cm³/mol. The van der Waals surface area contributed by atoms with Crippen LogP contribution in [-0.2, 0) is 16.0 Å². The number of carboxylic acids is 1. The van der Waals surface area contributed by atoms with Gasteiger partial charge in [0.05, 0.1) is 5.92 Å². The average molecular weight is 443 g/mol. The topological polar surface area (TPSA) is 60.9 Å². The van der Waals surface area contributed by atoms with Gasteiger partial charge in [-0.15, -0.1) is 0 Å². The Hall–Kier alpha value is -3.44. The second kappa shape index (κ2) is 10.5. The van der Waals surface area contributed by atoms with Gasteiger partial charge in [0.25, 0.3) is 0 Å². The van der Waals surface area contributed by atoms with Crippen molar-refractivity contribution in [3.8, 4) is 0 Å². The number of nitrogens with zero attached hydrogens (tertiary/aromatic N) is 2. The maximum absolute atomic E-state index is 13.9. The Kier molecular flexibility index (Phi) is 7.20. The van der Waals surface area contributed by atoms with Gasteiger partial charge >= 0.3 is 5.97 Å². The third-order valence-electron chi connectivity index (χ3n) is 6.58. The van der Waals surface area contributed by atoms with Gasteiger partial charge in [0, 0.05) is 19.1 Å². The smallest absolute Gasteiger partial charge is 0.326 e. The molecule has 1 amide bonds. The number of carbonyl (C=O) groups is 2. The molecule has 0 radical (unpaired) electrons. The summed E-state index contributed by atoms with van der Waals surface area (Å²) in [5, 5.41) is 9.95. The van der Waals surface area contributed by atoms with E-state index < -0.39 is 17.9 Å². The number of carboxylic acid groups (broad SMARTS) is 1. The summed E-state index contributed by atoms with van der Waals surface area (Å²) in [7, 11) is 2.02. The summed E-state index contributed by atoms with van der Waals surface area (Å²) in [6, 6.07) is 28.7. The van der Waals surface area contributed by atoms with E-state index >= 15 is 0 Å². The first kappa shape index (κ1) is 22.7. The fourth-order valence-electron chi connectivity index (χ4n) is 4.68. The summed E-state index contributed by atoms with van der Waals surface area (Å²) >= 11 is 0. The van der Waals surface area contributed by atoms with E-state index in [2.05, 4.69) is 17.0 Å². The van der Waals surface area contributed by atoms with Crippen LogP contribution in [0.25, 0.3) is 0 Å². The van der Waals surface area contributed by atoms with Crippen LogP contribution >= 0.6 is 0 Å². The zero-order valence-electron chi connectivity index (χ0n) is 18.9. The van der Waals surface area contributed by atoms with Crippen molar-refractivity contribution in [1.82, 2.24) is 9.80 Å². The molecule has 33 heavy (non-hydrogen) atoms. The Labute approximate surface area is 195 Å². The molecule has 3 aromatic carbocycles. The lowest BCUT2D eigenvalue weighted by atomic mass is 9.90. The highest BCUT2D eigenvalue weighted by Crippen LogP contribution is 2.31. The van der Waals surface area contributed by atoms with E-state index in [1.807, 2.05) is 85.9 Å². The first-order valence-electron chi connectivity index (χ1n) is 11.4. The van der Waals surface area contributed by atoms with E-state index in [1.165, 1.54) is 5.56 Å². The van der Waals surface area contributed by atoms with Crippen LogP contribution in [0.5, 0.6) is 0 Å². The maximum atomic E-state index is 13.9. The highest BCUT2D eigenvalue weighted by Gasteiger charge is 2.43. The summed E-state index contributed by atoms with van der Waals surface area (Å²) < 4.78 is 0. The van der Waals surface area contributed by atoms with Gasteiger partial charge in [0.15, 0.2) is 0 Å². The van der Waals surface area contributed by atoms with Crippen molar-refractivity contribution in [3.63, 3.8) is 0 Å². The summed E-state index contributed by atoms with van der Waals surface area (Å²) in [6.07, 6.45) is 1.32. The van der Waals surface area contributed by atoms with Crippen molar-refractivity contribution < 1.29 is 14.7 Å². The van der Waals surface area contributed by atoms with Gasteiger partial charge in [-0.2, -0.15) is 0 Å². The minimum atomic E-state index is -0.942. The van der Waals surface area contributed by atoms with Gasteiger partial charge in [-0.3, -0.25) is 4.79 Å². The fourth-order valence-corrected chi connectivity index (χ4v) is 4.68. The lowest BCUT2D eigenvalue weighted by molar-refractivity contribution is -0.148. The van der Waals surface area contributed by atoms with Crippen molar-refractivity contribution in [3.05, 3.63) is 108 Å². The molecule has 0 aliphatic carbocycles. The molecule has 170 valence electrons. The van der Waals surface area contributed by atoms with Crippen LogP contribution in [-0.4, -0.2) is 59.0 Å². The fraction of sp³-hybridized carbons (Fsp3) is 0.286. The summed E-state index contributed by atoms with van der Waals surface area (Å²) in [4.78, 5) is 29.8. The maximum Gasteiger partial charge on any atom is 0.326 e. The van der Waals surface area contributed by atoms with Crippen LogP contribution in [0.3, 0.4) is 0 Å². The van der Waals surface area contributed by atoms with Gasteiger partial charge in [0.2, 0.25) is 5.91 Å². The molecular formula is C28H30N2O3. The first-order valence-corrected chi connectivity index (χ1v) is 11.4. The predicted octanol–water partition coefficient (Wildman–Crippen LogP) is 4.05. The number of hydrogen-bond acceptors (Lipinski definition) is 3. The van der Waals surface area contributed by atoms with Crippen LogP contribution < -0.4 is 0 Å². The van der Waals surface area contributed by atoms with E-state index in [1.54, 1.807) is 4.90 Å². The van der Waals surface area contributed by atoms with E-state index in [0.717, 1.165) is 24.1 Å². The molecule has 1 aliphatic heterocycles. The van der Waals surface area contributed by atoms with Crippen molar-refractivity contribution in [2.45, 2.75) is 30.8 Å². The van der Waals surface area contributed by atoms with E-state index in [9.17, 15) is 14.7 Å². The zero-order valence-corrected chi connectivity index (χ0v) is 18.9. The van der Waals surface area contributed by atoms with Crippen LogP contribution in [0.4, 0.5) is 0 Å². The average Bonchev–Trinajstić information content (AvgIpc) is 3.31. The molecule has 3 aromatic rings. The SMILES string of the molecule is CN(CCc1ccccc1)C1CC(C(=O)O)N(C(=O)C(c2ccccc2)c2ccccc2)C1. The zero-order chi connectivity index (χ0) is 23.2. The lowest BCUT2D eigenvalue weighted by Gasteiger charge is -2.28. The summed E-state index contributed by atoms with van der Waals surface area (Å²) in [5.41, 5.74) is 3.00. The van der Waals surface area contributed by atoms with Crippen molar-refractivity contribution in [1.29, 1.82) is 0 Å². The Balaban J connectivity index is 1.55. The highest BCUT2D eigenvalue weighted by molar-refractivity contribution is 5.91. The quantitative estimate of drug-likeness (QED) is 0.572. The van der Waals surface area contributed by atoms with Gasteiger partial charge in [-0.05, 0) is 36.6 Å². The molecule has 1 N–H and O–H groups in total. The normalized spacial score (nSPS) is 18.1. The molecule has 5 nitrogen and oxygen atoms in total. The first-order chi connectivity index (χ1) is 16.0. The number of hydrogen-bond donors (Lipinski definition) is 1. The molecule has 5 heteroatoms. The van der Waals surface area contributed by atoms with Gasteiger partial charge < -0.3 is 14.9 Å². The number of likely N-dealkylation sites (tertiary alicyclic amines) is 1. The molecule has 4 rings (SSSR count). The second-order valence-corrected chi connectivity index (χ2v) is 8.70. The minimum absolute atomic E-state index is 0.00552. The number of benzene rings is 3. The van der Waals surface area contributed by atoms with Crippen LogP contribution in [0.1, 0.15) is 29.0 Å². The van der Waals surface area contributed by atoms with Crippen molar-refractivity contribution in [2.75, 3.05) is 20.1 Å². The van der Waals surface area contributed by atoms with Crippen LogP contribution in [0.2, 0.25) is 0 Å². The highest BCUT2D eigenvalue weighted by atomic mass is 16.4. The number of rotatable bonds is 8. The molecule has 1 heterocycles. The molecule has 0 aromatic heterocycles. The molecule has 0 bridgehead atoms. The van der Waals surface area contributed by atoms with Crippen molar-refractivity contribution in [2.24, 2.45) is 0 Å². The van der Waals surface area contributed by atoms with Crippen molar-refractivity contribution >= 4 is 11.9 Å². The second-order valence-electron chi connectivity index (χ2n) is 8.70. The van der Waals surface area contributed by atoms with E-state index in [-0.39, 0.29) is 11.9 Å². The Bertz CT molecular complexity index is 1020. The standard InChI is InChI=1S/C28H30N2O3/c1-29(18-17-21-11-5-2-6-12-21)24-19-25(28(32)33)30(20-24)27(31)26(22-13-7-3-8-14-22)23-15-9-4-10-16-23/h2-16,24-26H,17-20H2,1H3,(H,32,33). The molecule has 0 saturated carbocycles.